The number of hydrogen-bond acceptors (Lipinski definition) is 5. The summed E-state index contributed by atoms with van der Waals surface area (Å²) in [5.74, 6) is 0.569. The van der Waals surface area contributed by atoms with Gasteiger partial charge in [0.25, 0.3) is 0 Å². The van der Waals surface area contributed by atoms with Crippen LogP contribution in [0.1, 0.15) is 6.42 Å². The minimum Gasteiger partial charge on any atom is -0.495 e. The van der Waals surface area contributed by atoms with Gasteiger partial charge in [0.1, 0.15) is 5.75 Å². The highest BCUT2D eigenvalue weighted by Gasteiger charge is 2.31. The molecular formula is C14H19ClN2O4S. The molecule has 0 radical (unpaired) electrons. The molecule has 1 atom stereocenters. The second-order valence-electron chi connectivity index (χ2n) is 5.36. The number of rotatable bonds is 5. The van der Waals surface area contributed by atoms with Crippen molar-refractivity contribution < 1.29 is 17.9 Å². The second kappa shape index (κ2) is 6.85. The average Bonchev–Trinajstić information content (AvgIpc) is 2.79. The SMILES string of the molecule is COc1ccc(Cl)cc1NC(=O)CN(C)[C@@H]1CCS(=O)(=O)C1. The van der Waals surface area contributed by atoms with Crippen molar-refractivity contribution in [3.8, 4) is 5.75 Å². The zero-order valence-electron chi connectivity index (χ0n) is 12.5. The van der Waals surface area contributed by atoms with E-state index in [1.54, 1.807) is 30.1 Å². The van der Waals surface area contributed by atoms with Gasteiger partial charge < -0.3 is 10.1 Å². The largest absolute Gasteiger partial charge is 0.495 e. The molecule has 122 valence electrons. The van der Waals surface area contributed by atoms with Gasteiger partial charge in [0.15, 0.2) is 9.84 Å². The number of nitrogens with one attached hydrogen (secondary N) is 1. The molecule has 1 heterocycles. The molecule has 1 N–H and O–H groups in total. The van der Waals surface area contributed by atoms with Gasteiger partial charge in [-0.25, -0.2) is 8.42 Å². The Morgan fingerprint density at radius 3 is 2.82 bits per heavy atom. The van der Waals surface area contributed by atoms with E-state index in [9.17, 15) is 13.2 Å². The number of carbonyl (C=O) groups is 1. The first kappa shape index (κ1) is 17.1. The summed E-state index contributed by atoms with van der Waals surface area (Å²) < 4.78 is 28.1. The van der Waals surface area contributed by atoms with Gasteiger partial charge in [0.05, 0.1) is 30.8 Å². The van der Waals surface area contributed by atoms with Crippen molar-refractivity contribution in [3.63, 3.8) is 0 Å². The minimum absolute atomic E-state index is 0.107. The average molecular weight is 347 g/mol. The van der Waals surface area contributed by atoms with Crippen LogP contribution in [-0.2, 0) is 14.6 Å². The molecule has 1 fully saturated rings. The molecule has 0 aromatic heterocycles. The van der Waals surface area contributed by atoms with Crippen molar-refractivity contribution in [2.45, 2.75) is 12.5 Å². The van der Waals surface area contributed by atoms with Crippen LogP contribution in [0, 0.1) is 0 Å². The van der Waals surface area contributed by atoms with Gasteiger partial charge >= 0.3 is 0 Å². The summed E-state index contributed by atoms with van der Waals surface area (Å²) in [6.07, 6.45) is 0.562. The molecule has 0 saturated carbocycles. The van der Waals surface area contributed by atoms with Crippen LogP contribution in [0.4, 0.5) is 5.69 Å². The summed E-state index contributed by atoms with van der Waals surface area (Å²) in [5, 5.41) is 3.23. The number of benzene rings is 1. The molecular weight excluding hydrogens is 328 g/mol. The smallest absolute Gasteiger partial charge is 0.238 e. The van der Waals surface area contributed by atoms with Gasteiger partial charge in [0, 0.05) is 11.1 Å². The van der Waals surface area contributed by atoms with Gasteiger partial charge in [-0.3, -0.25) is 9.69 Å². The molecule has 0 unspecified atom stereocenters. The number of ether oxygens (including phenoxy) is 1. The molecule has 1 aromatic rings. The quantitative estimate of drug-likeness (QED) is 0.872. The topological polar surface area (TPSA) is 75.7 Å². The molecule has 8 heteroatoms. The fourth-order valence-electron chi connectivity index (χ4n) is 2.45. The lowest BCUT2D eigenvalue weighted by Crippen LogP contribution is -2.38. The summed E-state index contributed by atoms with van der Waals surface area (Å²) >= 11 is 5.91. The van der Waals surface area contributed by atoms with E-state index < -0.39 is 9.84 Å². The monoisotopic (exact) mass is 346 g/mol. The summed E-state index contributed by atoms with van der Waals surface area (Å²) in [6.45, 7) is 0.107. The number of halogens is 1. The Morgan fingerprint density at radius 2 is 2.23 bits per heavy atom. The first-order chi connectivity index (χ1) is 10.3. The molecule has 22 heavy (non-hydrogen) atoms. The van der Waals surface area contributed by atoms with E-state index in [1.165, 1.54) is 7.11 Å². The van der Waals surface area contributed by atoms with Crippen LogP contribution < -0.4 is 10.1 Å². The van der Waals surface area contributed by atoms with Crippen molar-refractivity contribution in [1.29, 1.82) is 0 Å². The van der Waals surface area contributed by atoms with Crippen LogP contribution >= 0.6 is 11.6 Å². The Morgan fingerprint density at radius 1 is 1.50 bits per heavy atom. The Balaban J connectivity index is 1.97. The van der Waals surface area contributed by atoms with Gasteiger partial charge in [0.2, 0.25) is 5.91 Å². The molecule has 1 aliphatic rings. The molecule has 1 aliphatic heterocycles. The minimum atomic E-state index is -2.96. The van der Waals surface area contributed by atoms with Gasteiger partial charge in [-0.15, -0.1) is 0 Å². The van der Waals surface area contributed by atoms with Crippen molar-refractivity contribution in [2.75, 3.05) is 37.5 Å². The predicted octanol–water partition coefficient (Wildman–Crippen LogP) is 1.41. The molecule has 0 spiro atoms. The number of methoxy groups -OCH3 is 1. The standard InChI is InChI=1S/C14H19ClN2O4S/c1-17(11-5-6-22(19,20)9-11)8-14(18)16-12-7-10(15)3-4-13(12)21-2/h3-4,7,11H,5-6,8-9H2,1-2H3,(H,16,18)/t11-/m1/s1. The molecule has 1 saturated heterocycles. The number of hydrogen-bond donors (Lipinski definition) is 1. The van der Waals surface area contributed by atoms with E-state index in [2.05, 4.69) is 5.32 Å². The van der Waals surface area contributed by atoms with Gasteiger partial charge in [-0.2, -0.15) is 0 Å². The highest BCUT2D eigenvalue weighted by molar-refractivity contribution is 7.91. The van der Waals surface area contributed by atoms with Crippen LogP contribution in [0.15, 0.2) is 18.2 Å². The first-order valence-corrected chi connectivity index (χ1v) is 9.05. The van der Waals surface area contributed by atoms with E-state index in [-0.39, 0.29) is 30.0 Å². The number of likely N-dealkylation sites (N-methyl/N-ethyl adjacent to an activating group) is 1. The lowest BCUT2D eigenvalue weighted by Gasteiger charge is -2.22. The summed E-state index contributed by atoms with van der Waals surface area (Å²) in [4.78, 5) is 13.9. The highest BCUT2D eigenvalue weighted by Crippen LogP contribution is 2.27. The summed E-state index contributed by atoms with van der Waals surface area (Å²) in [6, 6.07) is 4.84. The Kier molecular flexibility index (Phi) is 5.31. The highest BCUT2D eigenvalue weighted by atomic mass is 35.5. The lowest BCUT2D eigenvalue weighted by atomic mass is 10.2. The summed E-state index contributed by atoms with van der Waals surface area (Å²) in [7, 11) is 0.296. The Bertz CT molecular complexity index is 663. The van der Waals surface area contributed by atoms with E-state index in [4.69, 9.17) is 16.3 Å². The van der Waals surface area contributed by atoms with Crippen LogP contribution in [0.25, 0.3) is 0 Å². The Labute approximate surface area is 135 Å². The van der Waals surface area contributed by atoms with Crippen LogP contribution in [-0.4, -0.2) is 57.5 Å². The Hall–Kier alpha value is -1.31. The zero-order valence-corrected chi connectivity index (χ0v) is 14.1. The lowest BCUT2D eigenvalue weighted by molar-refractivity contribution is -0.117. The fraction of sp³-hybridized carbons (Fsp3) is 0.500. The first-order valence-electron chi connectivity index (χ1n) is 6.85. The molecule has 0 bridgehead atoms. The predicted molar refractivity (Wildman–Crippen MR) is 86.3 cm³/mol. The van der Waals surface area contributed by atoms with Crippen molar-refractivity contribution in [2.24, 2.45) is 0 Å². The molecule has 1 amide bonds. The fourth-order valence-corrected chi connectivity index (χ4v) is 4.42. The van der Waals surface area contributed by atoms with Gasteiger partial charge in [-0.05, 0) is 31.7 Å². The molecule has 1 aromatic carbocycles. The molecule has 6 nitrogen and oxygen atoms in total. The number of nitrogens with zero attached hydrogens (tertiary/aromatic N) is 1. The third-order valence-electron chi connectivity index (χ3n) is 3.66. The van der Waals surface area contributed by atoms with E-state index >= 15 is 0 Å². The van der Waals surface area contributed by atoms with Crippen LogP contribution in [0.2, 0.25) is 5.02 Å². The number of anilines is 1. The second-order valence-corrected chi connectivity index (χ2v) is 8.03. The van der Waals surface area contributed by atoms with Gasteiger partial charge in [-0.1, -0.05) is 11.6 Å². The number of sulfone groups is 1. The third-order valence-corrected chi connectivity index (χ3v) is 5.65. The maximum Gasteiger partial charge on any atom is 0.238 e. The maximum absolute atomic E-state index is 12.1. The number of amides is 1. The van der Waals surface area contributed by atoms with Crippen molar-refractivity contribution in [1.82, 2.24) is 4.90 Å². The van der Waals surface area contributed by atoms with Crippen molar-refractivity contribution >= 4 is 33.0 Å². The van der Waals surface area contributed by atoms with E-state index in [0.717, 1.165) is 0 Å². The van der Waals surface area contributed by atoms with Crippen molar-refractivity contribution in [3.05, 3.63) is 23.2 Å². The third kappa shape index (κ3) is 4.34. The number of carbonyl (C=O) groups excluding carboxylic acids is 1. The maximum atomic E-state index is 12.1. The van der Waals surface area contributed by atoms with Crippen LogP contribution in [0.5, 0.6) is 5.75 Å². The molecule has 2 rings (SSSR count). The molecule has 0 aliphatic carbocycles. The zero-order chi connectivity index (χ0) is 16.3. The van der Waals surface area contributed by atoms with E-state index in [1.807, 2.05) is 0 Å². The van der Waals surface area contributed by atoms with E-state index in [0.29, 0.717) is 22.9 Å². The summed E-state index contributed by atoms with van der Waals surface area (Å²) in [5.41, 5.74) is 0.493. The van der Waals surface area contributed by atoms with Crippen LogP contribution in [0.3, 0.4) is 0 Å². The normalized spacial score (nSPS) is 20.1.